The summed E-state index contributed by atoms with van der Waals surface area (Å²) in [5.74, 6) is -1.16. The van der Waals surface area contributed by atoms with Gasteiger partial charge in [0.25, 0.3) is 5.91 Å². The van der Waals surface area contributed by atoms with E-state index in [1.165, 1.54) is 12.1 Å². The highest BCUT2D eigenvalue weighted by molar-refractivity contribution is 5.88. The first kappa shape index (κ1) is 25.9. The molecule has 0 aliphatic heterocycles. The van der Waals surface area contributed by atoms with Crippen LogP contribution in [0.4, 0.5) is 4.39 Å². The van der Waals surface area contributed by atoms with Crippen LogP contribution in [0.3, 0.4) is 0 Å². The number of carbonyl (C=O) groups is 2. The number of para-hydroxylation sites is 1. The maximum Gasteiger partial charge on any atom is 0.261 e. The minimum atomic E-state index is -0.761. The zero-order chi connectivity index (χ0) is 25.2. The van der Waals surface area contributed by atoms with Crippen LogP contribution >= 0.6 is 0 Å². The van der Waals surface area contributed by atoms with Crippen LogP contribution in [-0.2, 0) is 22.6 Å². The standard InChI is InChI=1S/C29H33FN2O3/c1-4-22(3)31-29(34)26(18-23-12-6-5-7-13-23)32(19-24-14-10-11-21(2)17-24)28(33)20-35-27-16-9-8-15-25(27)30/h5-17,22,26H,4,18-20H2,1-3H3,(H,31,34)/t22-,26-/m1/s1. The predicted octanol–water partition coefficient (Wildman–Crippen LogP) is 5.07. The summed E-state index contributed by atoms with van der Waals surface area (Å²) >= 11 is 0. The third kappa shape index (κ3) is 7.67. The van der Waals surface area contributed by atoms with Crippen LogP contribution in [0.5, 0.6) is 5.75 Å². The number of halogens is 1. The molecule has 0 heterocycles. The van der Waals surface area contributed by atoms with Crippen molar-refractivity contribution in [2.45, 2.75) is 52.2 Å². The summed E-state index contributed by atoms with van der Waals surface area (Å²) < 4.78 is 19.6. The number of amides is 2. The fourth-order valence-electron chi connectivity index (χ4n) is 3.79. The summed E-state index contributed by atoms with van der Waals surface area (Å²) in [7, 11) is 0. The second kappa shape index (κ2) is 12.7. The third-order valence-corrected chi connectivity index (χ3v) is 5.90. The van der Waals surface area contributed by atoms with E-state index in [2.05, 4.69) is 5.32 Å². The largest absolute Gasteiger partial charge is 0.481 e. The van der Waals surface area contributed by atoms with Gasteiger partial charge < -0.3 is 15.0 Å². The number of carbonyl (C=O) groups excluding carboxylic acids is 2. The Morgan fingerprint density at radius 3 is 2.34 bits per heavy atom. The number of aryl methyl sites for hydroxylation is 1. The van der Waals surface area contributed by atoms with E-state index in [0.717, 1.165) is 23.1 Å². The normalized spacial score (nSPS) is 12.5. The van der Waals surface area contributed by atoms with Gasteiger partial charge in [-0.25, -0.2) is 4.39 Å². The highest BCUT2D eigenvalue weighted by Gasteiger charge is 2.31. The van der Waals surface area contributed by atoms with Gasteiger partial charge in [0.15, 0.2) is 18.2 Å². The van der Waals surface area contributed by atoms with Crippen molar-refractivity contribution in [2.75, 3.05) is 6.61 Å². The number of rotatable bonds is 11. The lowest BCUT2D eigenvalue weighted by Gasteiger charge is -2.32. The molecule has 1 N–H and O–H groups in total. The molecule has 0 aliphatic rings. The molecule has 184 valence electrons. The summed E-state index contributed by atoms with van der Waals surface area (Å²) in [6, 6.07) is 22.6. The van der Waals surface area contributed by atoms with Crippen molar-refractivity contribution in [1.82, 2.24) is 10.2 Å². The van der Waals surface area contributed by atoms with Crippen molar-refractivity contribution < 1.29 is 18.7 Å². The maximum absolute atomic E-state index is 14.1. The predicted molar refractivity (Wildman–Crippen MR) is 135 cm³/mol. The lowest BCUT2D eigenvalue weighted by Crippen LogP contribution is -2.53. The molecule has 2 atom stereocenters. The first-order valence-electron chi connectivity index (χ1n) is 11.9. The molecule has 0 unspecified atom stereocenters. The average molecular weight is 477 g/mol. The highest BCUT2D eigenvalue weighted by Crippen LogP contribution is 2.19. The molecule has 0 aliphatic carbocycles. The van der Waals surface area contributed by atoms with Crippen molar-refractivity contribution in [3.8, 4) is 5.75 Å². The molecule has 0 fully saturated rings. The Morgan fingerprint density at radius 2 is 1.66 bits per heavy atom. The van der Waals surface area contributed by atoms with Gasteiger partial charge >= 0.3 is 0 Å². The number of hydrogen-bond acceptors (Lipinski definition) is 3. The molecule has 2 amide bonds. The summed E-state index contributed by atoms with van der Waals surface area (Å²) in [6.45, 7) is 5.76. The molecule has 0 aromatic heterocycles. The van der Waals surface area contributed by atoms with Gasteiger partial charge in [-0.1, -0.05) is 79.2 Å². The molecule has 6 heteroatoms. The van der Waals surface area contributed by atoms with E-state index >= 15 is 0 Å². The molecular formula is C29H33FN2O3. The van der Waals surface area contributed by atoms with E-state index in [1.807, 2.05) is 75.4 Å². The van der Waals surface area contributed by atoms with E-state index in [-0.39, 0.29) is 30.9 Å². The molecule has 0 spiro atoms. The topological polar surface area (TPSA) is 58.6 Å². The van der Waals surface area contributed by atoms with Crippen LogP contribution in [0.1, 0.15) is 37.0 Å². The third-order valence-electron chi connectivity index (χ3n) is 5.90. The second-order valence-electron chi connectivity index (χ2n) is 8.75. The van der Waals surface area contributed by atoms with Gasteiger partial charge in [-0.3, -0.25) is 9.59 Å². The van der Waals surface area contributed by atoms with E-state index in [9.17, 15) is 14.0 Å². The number of nitrogens with zero attached hydrogens (tertiary/aromatic N) is 1. The Bertz CT molecular complexity index is 1120. The maximum atomic E-state index is 14.1. The quantitative estimate of drug-likeness (QED) is 0.421. The SMILES string of the molecule is CC[C@@H](C)NC(=O)[C@@H](Cc1ccccc1)N(Cc1cccc(C)c1)C(=O)COc1ccccc1F. The van der Waals surface area contributed by atoms with Crippen molar-refractivity contribution >= 4 is 11.8 Å². The number of nitrogens with one attached hydrogen (secondary N) is 1. The molecule has 0 bridgehead atoms. The van der Waals surface area contributed by atoms with Crippen LogP contribution in [0.2, 0.25) is 0 Å². The molecule has 5 nitrogen and oxygen atoms in total. The molecule has 3 rings (SSSR count). The van der Waals surface area contributed by atoms with Crippen LogP contribution in [0, 0.1) is 12.7 Å². The van der Waals surface area contributed by atoms with E-state index < -0.39 is 17.8 Å². The minimum absolute atomic E-state index is 0.0000201. The molecule has 3 aromatic rings. The second-order valence-corrected chi connectivity index (χ2v) is 8.75. The van der Waals surface area contributed by atoms with Crippen molar-refractivity contribution in [3.63, 3.8) is 0 Å². The van der Waals surface area contributed by atoms with Crippen molar-refractivity contribution in [1.29, 1.82) is 0 Å². The Hall–Kier alpha value is -3.67. The Morgan fingerprint density at radius 1 is 0.971 bits per heavy atom. The lowest BCUT2D eigenvalue weighted by atomic mass is 10.0. The van der Waals surface area contributed by atoms with E-state index in [0.29, 0.717) is 6.42 Å². The molecule has 0 saturated carbocycles. The van der Waals surface area contributed by atoms with Crippen LogP contribution in [0.15, 0.2) is 78.9 Å². The highest BCUT2D eigenvalue weighted by atomic mass is 19.1. The van der Waals surface area contributed by atoms with Gasteiger partial charge in [0, 0.05) is 19.0 Å². The van der Waals surface area contributed by atoms with Gasteiger partial charge in [-0.2, -0.15) is 0 Å². The van der Waals surface area contributed by atoms with E-state index in [4.69, 9.17) is 4.74 Å². The zero-order valence-corrected chi connectivity index (χ0v) is 20.5. The molecule has 35 heavy (non-hydrogen) atoms. The summed E-state index contributed by atoms with van der Waals surface area (Å²) in [4.78, 5) is 28.5. The number of ether oxygens (including phenoxy) is 1. The monoisotopic (exact) mass is 476 g/mol. The fourth-order valence-corrected chi connectivity index (χ4v) is 3.79. The van der Waals surface area contributed by atoms with Crippen LogP contribution in [0.25, 0.3) is 0 Å². The first-order valence-corrected chi connectivity index (χ1v) is 11.9. The smallest absolute Gasteiger partial charge is 0.261 e. The van der Waals surface area contributed by atoms with Gasteiger partial charge in [0.2, 0.25) is 5.91 Å². The lowest BCUT2D eigenvalue weighted by molar-refractivity contribution is -0.143. The van der Waals surface area contributed by atoms with Crippen molar-refractivity contribution in [3.05, 3.63) is 101 Å². The van der Waals surface area contributed by atoms with Gasteiger partial charge in [-0.15, -0.1) is 0 Å². The van der Waals surface area contributed by atoms with Crippen LogP contribution in [-0.4, -0.2) is 35.4 Å². The molecule has 3 aromatic carbocycles. The zero-order valence-electron chi connectivity index (χ0n) is 20.5. The number of hydrogen-bond donors (Lipinski definition) is 1. The summed E-state index contributed by atoms with van der Waals surface area (Å²) in [5.41, 5.74) is 2.90. The summed E-state index contributed by atoms with van der Waals surface area (Å²) in [5, 5.41) is 3.03. The molecule has 0 radical (unpaired) electrons. The Kier molecular flexibility index (Phi) is 9.41. The first-order chi connectivity index (χ1) is 16.9. The fraction of sp³-hybridized carbons (Fsp3) is 0.310. The van der Waals surface area contributed by atoms with E-state index in [1.54, 1.807) is 17.0 Å². The van der Waals surface area contributed by atoms with Gasteiger partial charge in [-0.05, 0) is 43.5 Å². The Labute approximate surface area is 206 Å². The van der Waals surface area contributed by atoms with Crippen molar-refractivity contribution in [2.24, 2.45) is 0 Å². The summed E-state index contributed by atoms with van der Waals surface area (Å²) in [6.07, 6.45) is 1.12. The van der Waals surface area contributed by atoms with Crippen LogP contribution < -0.4 is 10.1 Å². The number of benzene rings is 3. The molecule has 0 saturated heterocycles. The van der Waals surface area contributed by atoms with Gasteiger partial charge in [0.1, 0.15) is 6.04 Å². The minimum Gasteiger partial charge on any atom is -0.481 e. The Balaban J connectivity index is 1.92. The van der Waals surface area contributed by atoms with Gasteiger partial charge in [0.05, 0.1) is 0 Å². The average Bonchev–Trinajstić information content (AvgIpc) is 2.86. The molecular weight excluding hydrogens is 443 g/mol.